The van der Waals surface area contributed by atoms with Crippen molar-refractivity contribution in [3.8, 4) is 5.75 Å². The molecule has 3 nitrogen and oxygen atoms in total. The van der Waals surface area contributed by atoms with E-state index < -0.39 is 0 Å². The van der Waals surface area contributed by atoms with Crippen LogP contribution in [-0.4, -0.2) is 44.2 Å². The summed E-state index contributed by atoms with van der Waals surface area (Å²) in [5.41, 5.74) is 1.36. The Morgan fingerprint density at radius 1 is 1.37 bits per heavy atom. The van der Waals surface area contributed by atoms with Gasteiger partial charge in [0.1, 0.15) is 5.75 Å². The first kappa shape index (κ1) is 14.4. The first-order valence-corrected chi connectivity index (χ1v) is 7.31. The maximum atomic E-state index is 5.69. The number of nitrogens with zero attached hydrogens (tertiary/aromatic N) is 1. The number of fused-ring (bicyclic) bond motifs is 1. The van der Waals surface area contributed by atoms with E-state index >= 15 is 0 Å². The fourth-order valence-electron chi connectivity index (χ4n) is 2.39. The SMILES string of the molecule is CC(C)N(C)CCCNCC1COc2ccccc21. The van der Waals surface area contributed by atoms with Crippen molar-refractivity contribution >= 4 is 0 Å². The second kappa shape index (κ2) is 6.92. The van der Waals surface area contributed by atoms with Gasteiger partial charge in [0.05, 0.1) is 6.61 Å². The Kier molecular flexibility index (Phi) is 5.23. The Morgan fingerprint density at radius 3 is 2.95 bits per heavy atom. The molecule has 1 N–H and O–H groups in total. The number of hydrogen-bond donors (Lipinski definition) is 1. The Hall–Kier alpha value is -1.06. The van der Waals surface area contributed by atoms with Gasteiger partial charge in [-0.3, -0.25) is 0 Å². The van der Waals surface area contributed by atoms with Crippen LogP contribution in [0.25, 0.3) is 0 Å². The van der Waals surface area contributed by atoms with Crippen LogP contribution >= 0.6 is 0 Å². The molecule has 2 rings (SSSR count). The molecule has 0 amide bonds. The highest BCUT2D eigenvalue weighted by Crippen LogP contribution is 2.32. The smallest absolute Gasteiger partial charge is 0.122 e. The van der Waals surface area contributed by atoms with Gasteiger partial charge < -0.3 is 15.0 Å². The van der Waals surface area contributed by atoms with E-state index in [1.54, 1.807) is 0 Å². The van der Waals surface area contributed by atoms with E-state index in [0.717, 1.165) is 32.0 Å². The summed E-state index contributed by atoms with van der Waals surface area (Å²) in [5.74, 6) is 1.58. The number of nitrogens with one attached hydrogen (secondary N) is 1. The van der Waals surface area contributed by atoms with E-state index in [-0.39, 0.29) is 0 Å². The third kappa shape index (κ3) is 3.95. The van der Waals surface area contributed by atoms with Crippen molar-refractivity contribution in [2.75, 3.05) is 33.3 Å². The molecule has 0 saturated carbocycles. The van der Waals surface area contributed by atoms with Crippen LogP contribution in [0.4, 0.5) is 0 Å². The Labute approximate surface area is 116 Å². The predicted octanol–water partition coefficient (Wildman–Crippen LogP) is 2.48. The quantitative estimate of drug-likeness (QED) is 0.764. The molecule has 0 spiro atoms. The molecule has 3 heteroatoms. The third-order valence-corrected chi connectivity index (χ3v) is 3.94. The zero-order valence-corrected chi connectivity index (χ0v) is 12.4. The summed E-state index contributed by atoms with van der Waals surface area (Å²) in [5, 5.41) is 3.56. The van der Waals surface area contributed by atoms with E-state index in [1.165, 1.54) is 12.0 Å². The van der Waals surface area contributed by atoms with Crippen molar-refractivity contribution in [3.63, 3.8) is 0 Å². The summed E-state index contributed by atoms with van der Waals surface area (Å²) in [6.07, 6.45) is 1.20. The van der Waals surface area contributed by atoms with Gasteiger partial charge in [0, 0.05) is 24.1 Å². The number of para-hydroxylation sites is 1. The third-order valence-electron chi connectivity index (χ3n) is 3.94. The monoisotopic (exact) mass is 262 g/mol. The molecule has 0 fully saturated rings. The molecule has 19 heavy (non-hydrogen) atoms. The van der Waals surface area contributed by atoms with Gasteiger partial charge in [0.2, 0.25) is 0 Å². The second-order valence-electron chi connectivity index (χ2n) is 5.68. The highest BCUT2D eigenvalue weighted by molar-refractivity contribution is 5.39. The van der Waals surface area contributed by atoms with Gasteiger partial charge in [-0.25, -0.2) is 0 Å². The zero-order chi connectivity index (χ0) is 13.7. The van der Waals surface area contributed by atoms with Gasteiger partial charge in [-0.1, -0.05) is 18.2 Å². The topological polar surface area (TPSA) is 24.5 Å². The Balaban J connectivity index is 1.65. The highest BCUT2D eigenvalue weighted by Gasteiger charge is 2.22. The van der Waals surface area contributed by atoms with Gasteiger partial charge in [0.25, 0.3) is 0 Å². The van der Waals surface area contributed by atoms with Gasteiger partial charge in [-0.05, 0) is 46.5 Å². The van der Waals surface area contributed by atoms with E-state index in [4.69, 9.17) is 4.74 Å². The van der Waals surface area contributed by atoms with Crippen molar-refractivity contribution in [3.05, 3.63) is 29.8 Å². The molecule has 1 heterocycles. The summed E-state index contributed by atoms with van der Waals surface area (Å²) < 4.78 is 5.69. The fourth-order valence-corrected chi connectivity index (χ4v) is 2.39. The lowest BCUT2D eigenvalue weighted by molar-refractivity contribution is 0.268. The minimum Gasteiger partial charge on any atom is -0.493 e. The molecular weight excluding hydrogens is 236 g/mol. The van der Waals surface area contributed by atoms with Crippen LogP contribution in [0, 0.1) is 0 Å². The van der Waals surface area contributed by atoms with Crippen LogP contribution in [0.2, 0.25) is 0 Å². The van der Waals surface area contributed by atoms with Crippen molar-refractivity contribution in [1.29, 1.82) is 0 Å². The predicted molar refractivity (Wildman–Crippen MR) is 79.9 cm³/mol. The van der Waals surface area contributed by atoms with Crippen LogP contribution in [0.3, 0.4) is 0 Å². The van der Waals surface area contributed by atoms with Crippen LogP contribution in [0.1, 0.15) is 31.7 Å². The molecule has 1 aromatic carbocycles. The lowest BCUT2D eigenvalue weighted by atomic mass is 10.0. The van der Waals surface area contributed by atoms with Gasteiger partial charge >= 0.3 is 0 Å². The minimum atomic E-state index is 0.513. The van der Waals surface area contributed by atoms with E-state index in [2.05, 4.69) is 49.3 Å². The van der Waals surface area contributed by atoms with E-state index in [9.17, 15) is 0 Å². The maximum Gasteiger partial charge on any atom is 0.122 e. The van der Waals surface area contributed by atoms with Crippen molar-refractivity contribution < 1.29 is 4.74 Å². The Morgan fingerprint density at radius 2 is 2.16 bits per heavy atom. The number of hydrogen-bond acceptors (Lipinski definition) is 3. The molecule has 1 aliphatic rings. The van der Waals surface area contributed by atoms with Gasteiger partial charge in [-0.2, -0.15) is 0 Å². The van der Waals surface area contributed by atoms with Crippen LogP contribution < -0.4 is 10.1 Å². The summed E-state index contributed by atoms with van der Waals surface area (Å²) in [6.45, 7) is 8.54. The first-order chi connectivity index (χ1) is 9.18. The zero-order valence-electron chi connectivity index (χ0n) is 12.4. The fraction of sp³-hybridized carbons (Fsp3) is 0.625. The molecule has 106 valence electrons. The molecule has 0 aromatic heterocycles. The second-order valence-corrected chi connectivity index (χ2v) is 5.68. The van der Waals surface area contributed by atoms with E-state index in [1.807, 2.05) is 6.07 Å². The normalized spacial score (nSPS) is 17.8. The average molecular weight is 262 g/mol. The average Bonchev–Trinajstić information content (AvgIpc) is 2.81. The lowest BCUT2D eigenvalue weighted by Gasteiger charge is -2.21. The van der Waals surface area contributed by atoms with Crippen LogP contribution in [-0.2, 0) is 0 Å². The Bertz CT molecular complexity index is 392. The summed E-state index contributed by atoms with van der Waals surface area (Å²) in [4.78, 5) is 2.38. The van der Waals surface area contributed by atoms with Crippen molar-refractivity contribution in [2.24, 2.45) is 0 Å². The molecule has 0 radical (unpaired) electrons. The van der Waals surface area contributed by atoms with Crippen molar-refractivity contribution in [2.45, 2.75) is 32.2 Å². The molecule has 1 aromatic rings. The first-order valence-electron chi connectivity index (χ1n) is 7.31. The number of benzene rings is 1. The number of rotatable bonds is 7. The summed E-state index contributed by atoms with van der Waals surface area (Å²) in [6, 6.07) is 9.01. The van der Waals surface area contributed by atoms with Crippen molar-refractivity contribution in [1.82, 2.24) is 10.2 Å². The molecule has 0 bridgehead atoms. The molecule has 0 aliphatic carbocycles. The van der Waals surface area contributed by atoms with Gasteiger partial charge in [-0.15, -0.1) is 0 Å². The summed E-state index contributed by atoms with van der Waals surface area (Å²) in [7, 11) is 2.19. The largest absolute Gasteiger partial charge is 0.493 e. The maximum absolute atomic E-state index is 5.69. The lowest BCUT2D eigenvalue weighted by Crippen LogP contribution is -2.30. The standard InChI is InChI=1S/C16H26N2O/c1-13(2)18(3)10-6-9-17-11-14-12-19-16-8-5-4-7-15(14)16/h4-5,7-8,13-14,17H,6,9-12H2,1-3H3. The van der Waals surface area contributed by atoms with Crippen LogP contribution in [0.5, 0.6) is 5.75 Å². The molecule has 0 saturated heterocycles. The number of ether oxygens (including phenoxy) is 1. The molecular formula is C16H26N2O. The molecule has 1 unspecified atom stereocenters. The van der Waals surface area contributed by atoms with E-state index in [0.29, 0.717) is 12.0 Å². The molecule has 1 aliphatic heterocycles. The molecule has 1 atom stereocenters. The summed E-state index contributed by atoms with van der Waals surface area (Å²) >= 11 is 0. The minimum absolute atomic E-state index is 0.513. The van der Waals surface area contributed by atoms with Gasteiger partial charge in [0.15, 0.2) is 0 Å². The van der Waals surface area contributed by atoms with Crippen LogP contribution in [0.15, 0.2) is 24.3 Å². The highest BCUT2D eigenvalue weighted by atomic mass is 16.5.